The van der Waals surface area contributed by atoms with Gasteiger partial charge in [0.05, 0.1) is 12.6 Å². The average molecular weight is 328 g/mol. The third-order valence-corrected chi connectivity index (χ3v) is 3.49. The molecule has 1 unspecified atom stereocenters. The summed E-state index contributed by atoms with van der Waals surface area (Å²) in [5, 5.41) is 15.3. The van der Waals surface area contributed by atoms with Gasteiger partial charge in [0.25, 0.3) is 0 Å². The van der Waals surface area contributed by atoms with Gasteiger partial charge in [-0.15, -0.1) is 0 Å². The first-order valence-corrected chi connectivity index (χ1v) is 8.06. The van der Waals surface area contributed by atoms with E-state index in [0.29, 0.717) is 19.6 Å². The molecule has 3 N–H and O–H groups in total. The van der Waals surface area contributed by atoms with Crippen molar-refractivity contribution in [3.8, 4) is 5.75 Å². The van der Waals surface area contributed by atoms with Gasteiger partial charge in [-0.3, -0.25) is 0 Å². The lowest BCUT2D eigenvalue weighted by Gasteiger charge is -2.13. The van der Waals surface area contributed by atoms with Crippen molar-refractivity contribution < 1.29 is 14.6 Å². The highest BCUT2D eigenvalue weighted by molar-refractivity contribution is 5.73. The van der Waals surface area contributed by atoms with E-state index in [1.165, 1.54) is 5.56 Å². The van der Waals surface area contributed by atoms with Crippen LogP contribution in [0.2, 0.25) is 0 Å². The number of benzene rings is 2. The summed E-state index contributed by atoms with van der Waals surface area (Å²) in [6.07, 6.45) is -0.0977. The second-order valence-corrected chi connectivity index (χ2v) is 5.64. The molecule has 2 aromatic rings. The number of aliphatic hydroxyl groups excluding tert-OH is 1. The predicted molar refractivity (Wildman–Crippen MR) is 94.2 cm³/mol. The van der Waals surface area contributed by atoms with Gasteiger partial charge in [-0.1, -0.05) is 48.0 Å². The Hall–Kier alpha value is -2.53. The number of hydrogen-bond acceptors (Lipinski definition) is 3. The Labute approximate surface area is 142 Å². The molecule has 128 valence electrons. The molecule has 1 atom stereocenters. The zero-order valence-electron chi connectivity index (χ0n) is 13.9. The number of rotatable bonds is 8. The van der Waals surface area contributed by atoms with Crippen molar-refractivity contribution in [1.29, 1.82) is 0 Å². The Morgan fingerprint density at radius 3 is 2.50 bits per heavy atom. The molecule has 0 aliphatic heterocycles. The molecule has 0 saturated carbocycles. The van der Waals surface area contributed by atoms with Crippen LogP contribution in [-0.2, 0) is 6.42 Å². The van der Waals surface area contributed by atoms with Crippen molar-refractivity contribution in [3.05, 3.63) is 65.7 Å². The van der Waals surface area contributed by atoms with Crippen LogP contribution >= 0.6 is 0 Å². The molecule has 0 saturated heterocycles. The summed E-state index contributed by atoms with van der Waals surface area (Å²) >= 11 is 0. The van der Waals surface area contributed by atoms with E-state index in [9.17, 15) is 9.90 Å². The fourth-order valence-corrected chi connectivity index (χ4v) is 2.20. The number of aryl methyl sites for hydroxylation is 1. The van der Waals surface area contributed by atoms with E-state index in [2.05, 4.69) is 10.6 Å². The number of amides is 2. The molecule has 0 aliphatic rings. The first-order valence-electron chi connectivity index (χ1n) is 8.06. The number of nitrogens with one attached hydrogen (secondary N) is 2. The van der Waals surface area contributed by atoms with Crippen LogP contribution in [0.1, 0.15) is 11.1 Å². The Morgan fingerprint density at radius 1 is 1.08 bits per heavy atom. The van der Waals surface area contributed by atoms with E-state index in [0.717, 1.165) is 11.3 Å². The summed E-state index contributed by atoms with van der Waals surface area (Å²) in [4.78, 5) is 11.7. The molecule has 5 nitrogen and oxygen atoms in total. The minimum absolute atomic E-state index is 0.208. The maximum atomic E-state index is 11.7. The summed E-state index contributed by atoms with van der Waals surface area (Å²) in [5.74, 6) is 0.779. The lowest BCUT2D eigenvalue weighted by molar-refractivity contribution is 0.170. The summed E-state index contributed by atoms with van der Waals surface area (Å²) in [6, 6.07) is 17.1. The number of carbonyl (C=O) groups is 1. The Balaban J connectivity index is 1.57. The van der Waals surface area contributed by atoms with Crippen LogP contribution in [0.3, 0.4) is 0 Å². The van der Waals surface area contributed by atoms with E-state index >= 15 is 0 Å². The zero-order valence-corrected chi connectivity index (χ0v) is 13.9. The van der Waals surface area contributed by atoms with Gasteiger partial charge in [0, 0.05) is 13.0 Å². The molecule has 0 radical (unpaired) electrons. The number of urea groups is 1. The van der Waals surface area contributed by atoms with Gasteiger partial charge in [0.2, 0.25) is 0 Å². The molecule has 5 heteroatoms. The monoisotopic (exact) mass is 328 g/mol. The molecule has 0 bridgehead atoms. The quantitative estimate of drug-likeness (QED) is 0.651. The summed E-state index contributed by atoms with van der Waals surface area (Å²) in [5.41, 5.74) is 2.22. The fourth-order valence-electron chi connectivity index (χ4n) is 2.20. The smallest absolute Gasteiger partial charge is 0.315 e. The lowest BCUT2D eigenvalue weighted by atomic mass is 10.1. The van der Waals surface area contributed by atoms with Crippen molar-refractivity contribution in [2.75, 3.05) is 19.7 Å². The van der Waals surface area contributed by atoms with Crippen LogP contribution in [0.15, 0.2) is 54.6 Å². The van der Waals surface area contributed by atoms with Crippen LogP contribution in [-0.4, -0.2) is 36.9 Å². The number of aliphatic hydroxyl groups is 1. The van der Waals surface area contributed by atoms with Gasteiger partial charge in [-0.25, -0.2) is 4.79 Å². The van der Waals surface area contributed by atoms with Crippen molar-refractivity contribution in [1.82, 2.24) is 10.6 Å². The van der Waals surface area contributed by atoms with Crippen LogP contribution < -0.4 is 15.4 Å². The number of carbonyl (C=O) groups excluding carboxylic acids is 1. The molecule has 0 aromatic heterocycles. The lowest BCUT2D eigenvalue weighted by Crippen LogP contribution is -2.41. The normalized spacial score (nSPS) is 11.6. The number of hydrogen-bond donors (Lipinski definition) is 3. The highest BCUT2D eigenvalue weighted by Gasteiger charge is 2.07. The standard InChI is InChI=1S/C19H24N2O3/c1-15-7-9-18(10-8-15)24-12-11-20-19(23)21-14-17(22)13-16-5-3-2-4-6-16/h2-10,17,22H,11-14H2,1H3,(H2,20,21,23). The van der Waals surface area contributed by atoms with Gasteiger partial charge >= 0.3 is 6.03 Å². The third kappa shape index (κ3) is 6.71. The third-order valence-electron chi connectivity index (χ3n) is 3.49. The van der Waals surface area contributed by atoms with Crippen molar-refractivity contribution in [2.24, 2.45) is 0 Å². The fraction of sp³-hybridized carbons (Fsp3) is 0.316. The first-order chi connectivity index (χ1) is 11.6. The Kier molecular flexibility index (Phi) is 7.11. The molecule has 0 heterocycles. The maximum absolute atomic E-state index is 11.7. The molecule has 2 rings (SSSR count). The number of ether oxygens (including phenoxy) is 1. The summed E-state index contributed by atoms with van der Waals surface area (Å²) in [7, 11) is 0. The predicted octanol–water partition coefficient (Wildman–Crippen LogP) is 2.28. The van der Waals surface area contributed by atoms with Crippen LogP contribution in [0.4, 0.5) is 4.79 Å². The van der Waals surface area contributed by atoms with Crippen LogP contribution in [0.5, 0.6) is 5.75 Å². The zero-order chi connectivity index (χ0) is 17.2. The molecule has 2 aromatic carbocycles. The van der Waals surface area contributed by atoms with Crippen molar-refractivity contribution in [3.63, 3.8) is 0 Å². The van der Waals surface area contributed by atoms with E-state index in [1.54, 1.807) is 0 Å². The topological polar surface area (TPSA) is 70.6 Å². The Morgan fingerprint density at radius 2 is 1.79 bits per heavy atom. The first kappa shape index (κ1) is 17.8. The van der Waals surface area contributed by atoms with Gasteiger partial charge in [-0.05, 0) is 24.6 Å². The minimum atomic E-state index is -0.609. The largest absolute Gasteiger partial charge is 0.492 e. The molecule has 0 fully saturated rings. The molecular formula is C19H24N2O3. The van der Waals surface area contributed by atoms with E-state index in [1.807, 2.05) is 61.5 Å². The molecular weight excluding hydrogens is 304 g/mol. The molecule has 0 aliphatic carbocycles. The highest BCUT2D eigenvalue weighted by atomic mass is 16.5. The summed E-state index contributed by atoms with van der Waals surface area (Å²) in [6.45, 7) is 3.01. The van der Waals surface area contributed by atoms with Crippen LogP contribution in [0, 0.1) is 6.92 Å². The van der Waals surface area contributed by atoms with Gasteiger partial charge in [0.15, 0.2) is 0 Å². The van der Waals surface area contributed by atoms with Crippen molar-refractivity contribution >= 4 is 6.03 Å². The van der Waals surface area contributed by atoms with Crippen molar-refractivity contribution in [2.45, 2.75) is 19.4 Å². The van der Waals surface area contributed by atoms with E-state index in [4.69, 9.17) is 4.74 Å². The van der Waals surface area contributed by atoms with Gasteiger partial charge < -0.3 is 20.5 Å². The second kappa shape index (κ2) is 9.57. The highest BCUT2D eigenvalue weighted by Crippen LogP contribution is 2.10. The minimum Gasteiger partial charge on any atom is -0.492 e. The molecule has 0 spiro atoms. The van der Waals surface area contributed by atoms with Gasteiger partial charge in [-0.2, -0.15) is 0 Å². The Bertz CT molecular complexity index is 614. The van der Waals surface area contributed by atoms with E-state index in [-0.39, 0.29) is 12.6 Å². The second-order valence-electron chi connectivity index (χ2n) is 5.64. The van der Waals surface area contributed by atoms with Crippen LogP contribution in [0.25, 0.3) is 0 Å². The SMILES string of the molecule is Cc1ccc(OCCNC(=O)NCC(O)Cc2ccccc2)cc1. The molecule has 2 amide bonds. The maximum Gasteiger partial charge on any atom is 0.315 e. The summed E-state index contributed by atoms with van der Waals surface area (Å²) < 4.78 is 5.52. The average Bonchev–Trinajstić information content (AvgIpc) is 2.59. The molecule has 24 heavy (non-hydrogen) atoms. The van der Waals surface area contributed by atoms with Gasteiger partial charge in [0.1, 0.15) is 12.4 Å². The van der Waals surface area contributed by atoms with E-state index < -0.39 is 6.10 Å².